The van der Waals surface area contributed by atoms with Crippen molar-refractivity contribution in [2.75, 3.05) is 25.1 Å². The predicted molar refractivity (Wildman–Crippen MR) is 85.6 cm³/mol. The minimum Gasteiger partial charge on any atom is -0.381 e. The van der Waals surface area contributed by atoms with Crippen LogP contribution in [0.1, 0.15) is 30.9 Å². The van der Waals surface area contributed by atoms with Crippen molar-refractivity contribution in [3.63, 3.8) is 0 Å². The normalized spacial score (nSPS) is 17.5. The zero-order valence-electron chi connectivity index (χ0n) is 13.2. The number of rotatable bonds is 5. The second kappa shape index (κ2) is 7.57. The molecule has 1 aliphatic heterocycles. The number of nitrogens with one attached hydrogen (secondary N) is 2. The van der Waals surface area contributed by atoms with Gasteiger partial charge in [-0.15, -0.1) is 0 Å². The fourth-order valence-electron chi connectivity index (χ4n) is 2.70. The Kier molecular flexibility index (Phi) is 5.76. The Morgan fingerprint density at radius 1 is 1.33 bits per heavy atom. The van der Waals surface area contributed by atoms with Gasteiger partial charge in [0, 0.05) is 24.9 Å². The van der Waals surface area contributed by atoms with Gasteiger partial charge in [-0.25, -0.2) is 0 Å². The predicted octanol–water partition coefficient (Wildman–Crippen LogP) is 2.65. The Bertz CT molecular complexity index is 482. The molecular formula is C17H26N2O2. The Labute approximate surface area is 127 Å². The fourth-order valence-corrected chi connectivity index (χ4v) is 2.70. The highest BCUT2D eigenvalue weighted by Gasteiger charge is 2.20. The Hall–Kier alpha value is -1.39. The molecule has 1 heterocycles. The molecule has 2 rings (SSSR count). The largest absolute Gasteiger partial charge is 0.381 e. The smallest absolute Gasteiger partial charge is 0.238 e. The summed E-state index contributed by atoms with van der Waals surface area (Å²) >= 11 is 0. The first-order chi connectivity index (χ1) is 10.1. The molecule has 1 aliphatic rings. The summed E-state index contributed by atoms with van der Waals surface area (Å²) in [5, 5.41) is 6.32. The molecule has 0 spiro atoms. The summed E-state index contributed by atoms with van der Waals surface area (Å²) < 4.78 is 5.37. The third kappa shape index (κ3) is 4.83. The molecule has 0 unspecified atom stereocenters. The van der Waals surface area contributed by atoms with Crippen LogP contribution < -0.4 is 10.6 Å². The van der Waals surface area contributed by atoms with Gasteiger partial charge in [0.2, 0.25) is 5.91 Å². The molecule has 1 amide bonds. The van der Waals surface area contributed by atoms with Gasteiger partial charge in [0.05, 0.1) is 6.54 Å². The molecule has 0 saturated carbocycles. The summed E-state index contributed by atoms with van der Waals surface area (Å²) in [6, 6.07) is 6.44. The van der Waals surface area contributed by atoms with Crippen LogP contribution in [-0.2, 0) is 9.53 Å². The number of carbonyl (C=O) groups is 1. The van der Waals surface area contributed by atoms with Crippen molar-refractivity contribution >= 4 is 11.6 Å². The number of ether oxygens (including phenoxy) is 1. The molecule has 4 heteroatoms. The lowest BCUT2D eigenvalue weighted by Crippen LogP contribution is -2.40. The Balaban J connectivity index is 1.80. The van der Waals surface area contributed by atoms with Gasteiger partial charge in [0.25, 0.3) is 0 Å². The van der Waals surface area contributed by atoms with E-state index in [4.69, 9.17) is 4.74 Å². The first-order valence-corrected chi connectivity index (χ1v) is 7.74. The molecule has 1 aromatic rings. The lowest BCUT2D eigenvalue weighted by Gasteiger charge is -2.28. The van der Waals surface area contributed by atoms with Crippen LogP contribution in [0.2, 0.25) is 0 Å². The number of benzene rings is 1. The summed E-state index contributed by atoms with van der Waals surface area (Å²) in [4.78, 5) is 12.1. The van der Waals surface area contributed by atoms with Gasteiger partial charge in [0.15, 0.2) is 0 Å². The van der Waals surface area contributed by atoms with Crippen LogP contribution in [0.15, 0.2) is 18.2 Å². The van der Waals surface area contributed by atoms with Crippen LogP contribution in [0.25, 0.3) is 0 Å². The molecule has 0 aliphatic carbocycles. The Morgan fingerprint density at radius 3 is 2.76 bits per heavy atom. The van der Waals surface area contributed by atoms with Crippen molar-refractivity contribution in [2.45, 2.75) is 39.7 Å². The van der Waals surface area contributed by atoms with Gasteiger partial charge in [0.1, 0.15) is 0 Å². The van der Waals surface area contributed by atoms with E-state index in [9.17, 15) is 4.79 Å². The number of anilines is 1. The van der Waals surface area contributed by atoms with E-state index < -0.39 is 0 Å². The van der Waals surface area contributed by atoms with Gasteiger partial charge >= 0.3 is 0 Å². The van der Waals surface area contributed by atoms with E-state index in [0.717, 1.165) is 42.9 Å². The molecule has 116 valence electrons. The summed E-state index contributed by atoms with van der Waals surface area (Å²) in [5.74, 6) is 0.620. The van der Waals surface area contributed by atoms with Gasteiger partial charge < -0.3 is 15.4 Å². The van der Waals surface area contributed by atoms with Crippen molar-refractivity contribution in [2.24, 2.45) is 5.92 Å². The maximum atomic E-state index is 12.1. The second-order valence-corrected chi connectivity index (χ2v) is 5.99. The van der Waals surface area contributed by atoms with Gasteiger partial charge in [-0.1, -0.05) is 12.1 Å². The molecule has 2 N–H and O–H groups in total. The summed E-state index contributed by atoms with van der Waals surface area (Å²) in [5.41, 5.74) is 3.14. The maximum Gasteiger partial charge on any atom is 0.238 e. The maximum absolute atomic E-state index is 12.1. The van der Waals surface area contributed by atoms with Gasteiger partial charge in [-0.3, -0.25) is 4.79 Å². The summed E-state index contributed by atoms with van der Waals surface area (Å²) in [6.07, 6.45) is 2.15. The third-order valence-corrected chi connectivity index (χ3v) is 4.22. The highest BCUT2D eigenvalue weighted by Crippen LogP contribution is 2.19. The molecule has 1 fully saturated rings. The number of hydrogen-bond donors (Lipinski definition) is 2. The van der Waals surface area contributed by atoms with Crippen molar-refractivity contribution in [1.29, 1.82) is 0 Å². The van der Waals surface area contributed by atoms with Crippen LogP contribution in [0.3, 0.4) is 0 Å². The zero-order valence-corrected chi connectivity index (χ0v) is 13.2. The van der Waals surface area contributed by atoms with E-state index in [-0.39, 0.29) is 5.91 Å². The minimum absolute atomic E-state index is 0.0163. The lowest BCUT2D eigenvalue weighted by molar-refractivity contribution is -0.115. The quantitative estimate of drug-likeness (QED) is 0.876. The van der Waals surface area contributed by atoms with E-state index >= 15 is 0 Å². The van der Waals surface area contributed by atoms with Crippen LogP contribution in [0, 0.1) is 19.8 Å². The van der Waals surface area contributed by atoms with Crippen molar-refractivity contribution in [3.8, 4) is 0 Å². The molecular weight excluding hydrogens is 264 g/mol. The molecule has 0 aromatic heterocycles. The van der Waals surface area contributed by atoms with Crippen LogP contribution in [0.5, 0.6) is 0 Å². The van der Waals surface area contributed by atoms with E-state index in [1.165, 1.54) is 0 Å². The highest BCUT2D eigenvalue weighted by atomic mass is 16.5. The van der Waals surface area contributed by atoms with E-state index in [0.29, 0.717) is 18.5 Å². The molecule has 1 aromatic carbocycles. The SMILES string of the molecule is Cc1ccc(C)c(NC(=O)CN[C@H](C)C2CCOCC2)c1. The second-order valence-electron chi connectivity index (χ2n) is 5.99. The summed E-state index contributed by atoms with van der Waals surface area (Å²) in [7, 11) is 0. The molecule has 0 bridgehead atoms. The minimum atomic E-state index is 0.0163. The topological polar surface area (TPSA) is 50.4 Å². The van der Waals surface area contributed by atoms with Crippen LogP contribution in [-0.4, -0.2) is 31.7 Å². The van der Waals surface area contributed by atoms with Gasteiger partial charge in [-0.2, -0.15) is 0 Å². The first kappa shape index (κ1) is 16.0. The third-order valence-electron chi connectivity index (χ3n) is 4.22. The standard InChI is InChI=1S/C17H26N2O2/c1-12-4-5-13(2)16(10-12)19-17(20)11-18-14(3)15-6-8-21-9-7-15/h4-5,10,14-15,18H,6-9,11H2,1-3H3,(H,19,20)/t14-/m1/s1. The number of hydrogen-bond acceptors (Lipinski definition) is 3. The number of aryl methyl sites for hydroxylation is 2. The number of amides is 1. The van der Waals surface area contributed by atoms with Crippen molar-refractivity contribution < 1.29 is 9.53 Å². The molecule has 0 radical (unpaired) electrons. The van der Waals surface area contributed by atoms with E-state index in [1.54, 1.807) is 0 Å². The average Bonchev–Trinajstić information content (AvgIpc) is 2.49. The van der Waals surface area contributed by atoms with Crippen LogP contribution in [0.4, 0.5) is 5.69 Å². The summed E-state index contributed by atoms with van der Waals surface area (Å²) in [6.45, 7) is 8.22. The number of carbonyl (C=O) groups excluding carboxylic acids is 1. The van der Waals surface area contributed by atoms with E-state index in [1.807, 2.05) is 26.0 Å². The van der Waals surface area contributed by atoms with Crippen molar-refractivity contribution in [1.82, 2.24) is 5.32 Å². The Morgan fingerprint density at radius 2 is 2.05 bits per heavy atom. The molecule has 4 nitrogen and oxygen atoms in total. The molecule has 1 atom stereocenters. The highest BCUT2D eigenvalue weighted by molar-refractivity contribution is 5.93. The van der Waals surface area contributed by atoms with E-state index in [2.05, 4.69) is 23.6 Å². The lowest BCUT2D eigenvalue weighted by atomic mass is 9.93. The first-order valence-electron chi connectivity index (χ1n) is 7.74. The van der Waals surface area contributed by atoms with Crippen molar-refractivity contribution in [3.05, 3.63) is 29.3 Å². The monoisotopic (exact) mass is 290 g/mol. The average molecular weight is 290 g/mol. The van der Waals surface area contributed by atoms with Crippen LogP contribution >= 0.6 is 0 Å². The van der Waals surface area contributed by atoms with Gasteiger partial charge in [-0.05, 0) is 56.7 Å². The molecule has 1 saturated heterocycles. The molecule has 21 heavy (non-hydrogen) atoms. The zero-order chi connectivity index (χ0) is 15.2. The fraction of sp³-hybridized carbons (Fsp3) is 0.588.